The van der Waals surface area contributed by atoms with E-state index in [1.807, 2.05) is 0 Å². The van der Waals surface area contributed by atoms with Gasteiger partial charge in [0.05, 0.1) is 42.3 Å². The van der Waals surface area contributed by atoms with Crippen LogP contribution in [-0.2, 0) is 9.47 Å². The van der Waals surface area contributed by atoms with Crippen molar-refractivity contribution < 1.29 is 66.4 Å². The van der Waals surface area contributed by atoms with Gasteiger partial charge in [0, 0.05) is 13.2 Å². The first kappa shape index (κ1) is 57.1. The quantitative estimate of drug-likeness (QED) is 0.0280. The zero-order valence-electron chi connectivity index (χ0n) is 36.6. The Morgan fingerprint density at radius 1 is 0.346 bits per heavy atom. The average molecular weight is 961 g/mol. The predicted octanol–water partition coefficient (Wildman–Crippen LogP) is 7.25. The van der Waals surface area contributed by atoms with E-state index in [4.69, 9.17) is 9.47 Å². The minimum Gasteiger partial charge on any atom is -1.00 e. The minimum atomic E-state index is 0. The number of rotatable bonds is 39. The van der Waals surface area contributed by atoms with E-state index in [1.165, 1.54) is 167 Å². The van der Waals surface area contributed by atoms with Crippen LogP contribution >= 0.6 is 0 Å². The van der Waals surface area contributed by atoms with Crippen LogP contribution in [0.5, 0.6) is 0 Å². The molecule has 0 aliphatic rings. The first-order chi connectivity index (χ1) is 24.1. The number of halogens is 2. The average Bonchev–Trinajstić information content (AvgIpc) is 3.05. The van der Waals surface area contributed by atoms with Gasteiger partial charge in [-0.25, -0.2) is 0 Å². The van der Waals surface area contributed by atoms with E-state index in [0.717, 1.165) is 48.1 Å². The minimum absolute atomic E-state index is 0. The molecule has 0 saturated carbocycles. The Morgan fingerprint density at radius 3 is 0.827 bits per heavy atom. The van der Waals surface area contributed by atoms with Gasteiger partial charge in [0.1, 0.15) is 25.3 Å². The van der Waals surface area contributed by atoms with Crippen molar-refractivity contribution in [1.82, 2.24) is 0 Å². The maximum Gasteiger partial charge on any atom is 0.138 e. The fraction of sp³-hybridized carbons (Fsp3) is 0.913. The maximum atomic E-state index is 6.66. The van der Waals surface area contributed by atoms with E-state index in [9.17, 15) is 0 Å². The number of nitrogens with zero attached hydrogens (tertiary/aromatic N) is 2. The Bertz CT molecular complexity index is 686. The van der Waals surface area contributed by atoms with Crippen molar-refractivity contribution in [3.05, 3.63) is 24.3 Å². The third kappa shape index (κ3) is 45.2. The molecule has 0 N–H and O–H groups in total. The molecule has 0 rings (SSSR count). The highest BCUT2D eigenvalue weighted by molar-refractivity contribution is 4.82. The second-order valence-electron chi connectivity index (χ2n) is 17.6. The number of quaternary nitrogens is 2. The highest BCUT2D eigenvalue weighted by Gasteiger charge is 2.32. The van der Waals surface area contributed by atoms with E-state index in [1.54, 1.807) is 0 Å². The van der Waals surface area contributed by atoms with Gasteiger partial charge >= 0.3 is 0 Å². The van der Waals surface area contributed by atoms with Crippen molar-refractivity contribution in [2.75, 3.05) is 68.6 Å². The molecule has 0 heterocycles. The maximum absolute atomic E-state index is 6.66. The van der Waals surface area contributed by atoms with Gasteiger partial charge < -0.3 is 66.4 Å². The smallest absolute Gasteiger partial charge is 0.138 e. The summed E-state index contributed by atoms with van der Waals surface area (Å²) in [6, 6.07) is 0. The molecule has 0 saturated heterocycles. The van der Waals surface area contributed by atoms with Crippen molar-refractivity contribution in [3.8, 4) is 0 Å². The number of likely N-dealkylation sites (N-methyl/N-ethyl adjacent to an activating group) is 2. The largest absolute Gasteiger partial charge is 1.00 e. The summed E-state index contributed by atoms with van der Waals surface area (Å²) in [5.41, 5.74) is 0. The molecule has 0 aliphatic heterocycles. The van der Waals surface area contributed by atoms with Gasteiger partial charge in [-0.2, -0.15) is 0 Å². The lowest BCUT2D eigenvalue weighted by molar-refractivity contribution is -0.882. The second kappa shape index (κ2) is 41.4. The van der Waals surface area contributed by atoms with Crippen LogP contribution in [0, 0.1) is 0 Å². The van der Waals surface area contributed by atoms with Gasteiger partial charge in [-0.1, -0.05) is 154 Å². The lowest BCUT2D eigenvalue weighted by atomic mass is 10.1. The Hall–Kier alpha value is 0.780. The van der Waals surface area contributed by atoms with Gasteiger partial charge in [-0.05, 0) is 64.2 Å². The summed E-state index contributed by atoms with van der Waals surface area (Å²) in [6.45, 7) is 8.28. The number of unbranched alkanes of at least 4 members (excludes halogenated alkanes) is 24. The molecule has 4 nitrogen and oxygen atoms in total. The van der Waals surface area contributed by atoms with Crippen molar-refractivity contribution in [1.29, 1.82) is 0 Å². The van der Waals surface area contributed by atoms with Gasteiger partial charge in [0.15, 0.2) is 0 Å². The van der Waals surface area contributed by atoms with Crippen LogP contribution in [0.15, 0.2) is 24.3 Å². The van der Waals surface area contributed by atoms with Crippen molar-refractivity contribution in [2.24, 2.45) is 0 Å². The Balaban J connectivity index is -0.0000120. The van der Waals surface area contributed by atoms with Crippen LogP contribution in [0.3, 0.4) is 0 Å². The van der Waals surface area contributed by atoms with Crippen molar-refractivity contribution >= 4 is 0 Å². The van der Waals surface area contributed by atoms with Crippen molar-refractivity contribution in [2.45, 2.75) is 206 Å². The first-order valence-corrected chi connectivity index (χ1v) is 22.2. The Labute approximate surface area is 362 Å². The normalized spacial score (nSPS) is 13.5. The topological polar surface area (TPSA) is 18.5 Å². The van der Waals surface area contributed by atoms with E-state index < -0.39 is 0 Å². The lowest BCUT2D eigenvalue weighted by Gasteiger charge is -2.36. The predicted molar refractivity (Wildman–Crippen MR) is 224 cm³/mol. The molecule has 0 aliphatic carbocycles. The Morgan fingerprint density at radius 2 is 0.577 bits per heavy atom. The van der Waals surface area contributed by atoms with E-state index in [2.05, 4.69) is 80.4 Å². The third-order valence-corrected chi connectivity index (χ3v) is 9.85. The summed E-state index contributed by atoms with van der Waals surface area (Å²) in [6.07, 6.45) is 47.5. The Kier molecular flexibility index (Phi) is 45.5. The summed E-state index contributed by atoms with van der Waals surface area (Å²) in [7, 11) is 13.7. The van der Waals surface area contributed by atoms with Crippen LogP contribution in [0.1, 0.15) is 194 Å². The van der Waals surface area contributed by atoms with Crippen molar-refractivity contribution in [3.63, 3.8) is 0 Å². The van der Waals surface area contributed by atoms with Crippen LogP contribution in [0.4, 0.5) is 0 Å². The summed E-state index contributed by atoms with van der Waals surface area (Å²) in [5.74, 6) is 0. The van der Waals surface area contributed by atoms with Gasteiger partial charge in [-0.15, -0.1) is 0 Å². The van der Waals surface area contributed by atoms with E-state index in [0.29, 0.717) is 0 Å². The summed E-state index contributed by atoms with van der Waals surface area (Å²) in [5, 5.41) is 0. The van der Waals surface area contributed by atoms with Crippen LogP contribution < -0.4 is 48.0 Å². The zero-order chi connectivity index (χ0) is 37.0. The molecule has 0 aromatic carbocycles. The highest BCUT2D eigenvalue weighted by Crippen LogP contribution is 2.16. The van der Waals surface area contributed by atoms with Crippen LogP contribution in [0.2, 0.25) is 0 Å². The molecular weight excluding hydrogens is 866 g/mol. The third-order valence-electron chi connectivity index (χ3n) is 9.85. The molecule has 0 bridgehead atoms. The van der Waals surface area contributed by atoms with E-state index in [-0.39, 0.29) is 60.2 Å². The fourth-order valence-electron chi connectivity index (χ4n) is 6.80. The zero-order valence-corrected chi connectivity index (χ0v) is 40.9. The summed E-state index contributed by atoms with van der Waals surface area (Å²) >= 11 is 0. The SMILES string of the molecule is CCCCCCCC/C=C\CCCCCCCCOC(C[N+](C)(C)C)C(C[N+](C)(C)C)OCCCCCCCC/C=C\CCCCCCCC.[I-].[I-]. The molecule has 0 spiro atoms. The molecule has 0 aromatic rings. The molecule has 314 valence electrons. The molecular formula is C46H94I2N2O2. The first-order valence-electron chi connectivity index (χ1n) is 22.2. The molecule has 0 radical (unpaired) electrons. The number of hydrogen-bond donors (Lipinski definition) is 0. The van der Waals surface area contributed by atoms with Gasteiger partial charge in [0.25, 0.3) is 0 Å². The fourth-order valence-corrected chi connectivity index (χ4v) is 6.80. The molecule has 0 fully saturated rings. The number of allylic oxidation sites excluding steroid dienone is 4. The number of hydrogen-bond acceptors (Lipinski definition) is 2. The standard InChI is InChI=1S/C46H94N2O2.2HI/c1-9-11-13-15-17-19-21-23-25-27-29-31-33-35-37-39-41-49-45(43-47(3,4)5)46(44-48(6,7)8)50-42-40-38-36-34-32-30-28-26-24-22-20-18-16-14-12-10-2;;/h23-26,45-46H,9-22,27-44H2,1-8H3;2*1H/q+2;;/p-2/b25-23-,26-24-;;. The van der Waals surface area contributed by atoms with Gasteiger partial charge in [0.2, 0.25) is 0 Å². The summed E-state index contributed by atoms with van der Waals surface area (Å²) < 4.78 is 15.1. The molecule has 2 unspecified atom stereocenters. The number of ether oxygens (including phenoxy) is 2. The van der Waals surface area contributed by atoms with Crippen LogP contribution in [0.25, 0.3) is 0 Å². The highest BCUT2D eigenvalue weighted by atomic mass is 127. The van der Waals surface area contributed by atoms with Crippen LogP contribution in [-0.4, -0.2) is 89.8 Å². The van der Waals surface area contributed by atoms with Gasteiger partial charge in [-0.3, -0.25) is 0 Å². The molecule has 0 aromatic heterocycles. The molecule has 0 amide bonds. The monoisotopic (exact) mass is 961 g/mol. The lowest BCUT2D eigenvalue weighted by Crippen LogP contribution is -3.00. The molecule has 52 heavy (non-hydrogen) atoms. The summed E-state index contributed by atoms with van der Waals surface area (Å²) in [4.78, 5) is 0. The second-order valence-corrected chi connectivity index (χ2v) is 17.6. The molecule has 6 heteroatoms. The van der Waals surface area contributed by atoms with E-state index >= 15 is 0 Å². The molecule has 2 atom stereocenters.